The van der Waals surface area contributed by atoms with Crippen LogP contribution < -0.4 is 0 Å². The Bertz CT molecular complexity index is 689. The summed E-state index contributed by atoms with van der Waals surface area (Å²) in [7, 11) is 0. The Labute approximate surface area is 147 Å². The summed E-state index contributed by atoms with van der Waals surface area (Å²) in [6.45, 7) is 9.34. The summed E-state index contributed by atoms with van der Waals surface area (Å²) in [6.07, 6.45) is 16.2. The molecule has 24 heavy (non-hydrogen) atoms. The molecule has 128 valence electrons. The van der Waals surface area contributed by atoms with Gasteiger partial charge in [0.1, 0.15) is 0 Å². The van der Waals surface area contributed by atoms with Crippen molar-refractivity contribution in [3.8, 4) is 12.3 Å². The zero-order chi connectivity index (χ0) is 17.3. The van der Waals surface area contributed by atoms with Crippen LogP contribution in [-0.2, 0) is 4.79 Å². The van der Waals surface area contributed by atoms with Gasteiger partial charge in [-0.2, -0.15) is 0 Å². The molecule has 2 unspecified atom stereocenters. The van der Waals surface area contributed by atoms with Gasteiger partial charge >= 0.3 is 0 Å². The normalized spacial score (nSPS) is 50.1. The topological polar surface area (TPSA) is 17.1 Å². The molecule has 1 heteroatoms. The van der Waals surface area contributed by atoms with Crippen LogP contribution in [0.4, 0.5) is 0 Å². The van der Waals surface area contributed by atoms with E-state index in [9.17, 15) is 4.79 Å². The van der Waals surface area contributed by atoms with E-state index in [1.54, 1.807) is 0 Å². The maximum absolute atomic E-state index is 12.4. The van der Waals surface area contributed by atoms with Gasteiger partial charge in [-0.1, -0.05) is 45.3 Å². The Hall–Kier alpha value is -1.29. The molecule has 4 aliphatic carbocycles. The molecule has 0 N–H and O–H groups in total. The predicted molar refractivity (Wildman–Crippen MR) is 98.1 cm³/mol. The van der Waals surface area contributed by atoms with Crippen molar-refractivity contribution in [3.05, 3.63) is 23.3 Å². The van der Waals surface area contributed by atoms with Crippen LogP contribution in [0.25, 0.3) is 0 Å². The van der Waals surface area contributed by atoms with Crippen LogP contribution in [0.2, 0.25) is 0 Å². The molecular weight excluding hydrogens is 292 g/mol. The third-order valence-corrected chi connectivity index (χ3v) is 8.84. The molecule has 0 aliphatic heterocycles. The fourth-order valence-corrected chi connectivity index (χ4v) is 6.98. The van der Waals surface area contributed by atoms with Crippen molar-refractivity contribution in [3.63, 3.8) is 0 Å². The molecule has 0 heterocycles. The van der Waals surface area contributed by atoms with Gasteiger partial charge in [-0.15, -0.1) is 6.42 Å². The minimum Gasteiger partial charge on any atom is -0.295 e. The number of carbonyl (C=O) groups is 1. The maximum atomic E-state index is 12.4. The summed E-state index contributed by atoms with van der Waals surface area (Å²) in [4.78, 5) is 12.4. The number of carbonyl (C=O) groups excluding carboxylic acids is 1. The number of hydrogen-bond donors (Lipinski definition) is 0. The fraction of sp³-hybridized carbons (Fsp3) is 0.696. The average Bonchev–Trinajstić information content (AvgIpc) is 2.91. The zero-order valence-electron chi connectivity index (χ0n) is 15.6. The number of fused-ring (bicyclic) bond motifs is 5. The number of ketones is 1. The molecule has 0 spiro atoms. The van der Waals surface area contributed by atoms with Crippen LogP contribution in [0.5, 0.6) is 0 Å². The summed E-state index contributed by atoms with van der Waals surface area (Å²) in [5.74, 6) is 6.14. The number of hydrogen-bond acceptors (Lipinski definition) is 1. The van der Waals surface area contributed by atoms with Crippen molar-refractivity contribution < 1.29 is 4.79 Å². The highest BCUT2D eigenvalue weighted by molar-refractivity contribution is 5.93. The van der Waals surface area contributed by atoms with Gasteiger partial charge in [0.05, 0.1) is 0 Å². The van der Waals surface area contributed by atoms with Crippen molar-refractivity contribution in [2.45, 2.75) is 59.8 Å². The third kappa shape index (κ3) is 1.81. The van der Waals surface area contributed by atoms with Gasteiger partial charge in [0.25, 0.3) is 0 Å². The lowest BCUT2D eigenvalue weighted by Gasteiger charge is -2.60. The molecule has 4 aliphatic rings. The van der Waals surface area contributed by atoms with E-state index in [4.69, 9.17) is 6.42 Å². The van der Waals surface area contributed by atoms with Gasteiger partial charge in [-0.25, -0.2) is 0 Å². The van der Waals surface area contributed by atoms with Gasteiger partial charge in [0, 0.05) is 16.9 Å². The Morgan fingerprint density at radius 3 is 2.67 bits per heavy atom. The van der Waals surface area contributed by atoms with Crippen molar-refractivity contribution in [1.29, 1.82) is 0 Å². The molecule has 0 bridgehead atoms. The first-order chi connectivity index (χ1) is 11.3. The third-order valence-electron chi connectivity index (χ3n) is 8.84. The Kier molecular flexibility index (Phi) is 3.44. The fourth-order valence-electron chi connectivity index (χ4n) is 6.98. The molecule has 2 fully saturated rings. The summed E-state index contributed by atoms with van der Waals surface area (Å²) >= 11 is 0. The smallest absolute Gasteiger partial charge is 0.158 e. The van der Waals surface area contributed by atoms with Gasteiger partial charge in [0.15, 0.2) is 5.78 Å². The Morgan fingerprint density at radius 2 is 1.96 bits per heavy atom. The molecule has 0 aromatic carbocycles. The first-order valence-electron chi connectivity index (χ1n) is 9.76. The van der Waals surface area contributed by atoms with E-state index >= 15 is 0 Å². The molecule has 0 amide bonds. The minimum absolute atomic E-state index is 0.161. The lowest BCUT2D eigenvalue weighted by Crippen LogP contribution is -2.54. The van der Waals surface area contributed by atoms with Crippen LogP contribution in [-0.4, -0.2) is 5.78 Å². The largest absolute Gasteiger partial charge is 0.295 e. The van der Waals surface area contributed by atoms with Crippen molar-refractivity contribution >= 4 is 5.78 Å². The molecule has 0 radical (unpaired) electrons. The van der Waals surface area contributed by atoms with Crippen LogP contribution in [0, 0.1) is 52.8 Å². The molecule has 7 atom stereocenters. The molecule has 4 rings (SSSR count). The molecule has 2 saturated carbocycles. The summed E-state index contributed by atoms with van der Waals surface area (Å²) in [5, 5.41) is 0. The lowest BCUT2D eigenvalue weighted by atomic mass is 9.44. The molecule has 0 aromatic rings. The van der Waals surface area contributed by atoms with Crippen LogP contribution >= 0.6 is 0 Å². The van der Waals surface area contributed by atoms with Crippen molar-refractivity contribution in [2.75, 3.05) is 0 Å². The number of allylic oxidation sites excluding steroid dienone is 4. The standard InChI is InChI=1S/C23H30O/c1-6-16-8-10-19-18-9-7-17-13-21(24)14(2)15(3)23(17,5)20(18)11-12-22(16,19)4/h1,8,13-15,18-20H,7,9-12H2,2-5H3/t14?,15?,18-,19-,20-,22+,23-/m0/s1. The van der Waals surface area contributed by atoms with Crippen molar-refractivity contribution in [2.24, 2.45) is 40.4 Å². The highest BCUT2D eigenvalue weighted by Gasteiger charge is 2.59. The SMILES string of the molecule is C#CC1=CC[C@H]2[C@@H]3CCC4=CC(=O)C(C)C(C)[C@]4(C)[C@H]3CC[C@]12C. The zero-order valence-corrected chi connectivity index (χ0v) is 15.6. The van der Waals surface area contributed by atoms with Gasteiger partial charge in [-0.05, 0) is 67.3 Å². The van der Waals surface area contributed by atoms with E-state index in [0.717, 1.165) is 18.8 Å². The summed E-state index contributed by atoms with van der Waals surface area (Å²) < 4.78 is 0. The predicted octanol–water partition coefficient (Wildman–Crippen LogP) is 5.18. The van der Waals surface area contributed by atoms with E-state index < -0.39 is 0 Å². The Balaban J connectivity index is 1.73. The van der Waals surface area contributed by atoms with Gasteiger partial charge in [-0.3, -0.25) is 4.79 Å². The quantitative estimate of drug-likeness (QED) is 0.562. The van der Waals surface area contributed by atoms with E-state index in [1.165, 1.54) is 30.4 Å². The first kappa shape index (κ1) is 16.2. The lowest BCUT2D eigenvalue weighted by molar-refractivity contribution is -0.125. The summed E-state index contributed by atoms with van der Waals surface area (Å²) in [5.41, 5.74) is 3.15. The second-order valence-corrected chi connectivity index (χ2v) is 9.30. The van der Waals surface area contributed by atoms with Gasteiger partial charge < -0.3 is 0 Å². The number of rotatable bonds is 0. The van der Waals surface area contributed by atoms with Crippen LogP contribution in [0.1, 0.15) is 59.8 Å². The molecular formula is C23H30O. The van der Waals surface area contributed by atoms with E-state index in [1.807, 2.05) is 6.08 Å². The average molecular weight is 322 g/mol. The van der Waals surface area contributed by atoms with Gasteiger partial charge in [0.2, 0.25) is 0 Å². The minimum atomic E-state index is 0.161. The highest BCUT2D eigenvalue weighted by atomic mass is 16.1. The molecule has 1 nitrogen and oxygen atoms in total. The van der Waals surface area contributed by atoms with E-state index in [0.29, 0.717) is 23.5 Å². The number of terminal acetylenes is 1. The molecule has 0 saturated heterocycles. The van der Waals surface area contributed by atoms with E-state index in [2.05, 4.69) is 39.7 Å². The van der Waals surface area contributed by atoms with Crippen LogP contribution in [0.15, 0.2) is 23.3 Å². The second kappa shape index (κ2) is 5.10. The van der Waals surface area contributed by atoms with Crippen LogP contribution in [0.3, 0.4) is 0 Å². The van der Waals surface area contributed by atoms with Crippen molar-refractivity contribution in [1.82, 2.24) is 0 Å². The van der Waals surface area contributed by atoms with E-state index in [-0.39, 0.29) is 16.7 Å². The highest BCUT2D eigenvalue weighted by Crippen LogP contribution is 2.66. The first-order valence-corrected chi connectivity index (χ1v) is 9.76. The maximum Gasteiger partial charge on any atom is 0.158 e. The second-order valence-electron chi connectivity index (χ2n) is 9.30. The molecule has 0 aromatic heterocycles. The monoisotopic (exact) mass is 322 g/mol. The summed E-state index contributed by atoms with van der Waals surface area (Å²) in [6, 6.07) is 0. The Morgan fingerprint density at radius 1 is 1.21 bits per heavy atom.